The molecule has 0 aliphatic carbocycles. The number of hydrogen-bond donors (Lipinski definition) is 1. The maximum atomic E-state index is 10.2. The Morgan fingerprint density at radius 2 is 1.74 bits per heavy atom. The van der Waals surface area contributed by atoms with Gasteiger partial charge in [0.2, 0.25) is 0 Å². The summed E-state index contributed by atoms with van der Waals surface area (Å²) in [6, 6.07) is 13.3. The number of rotatable bonds is 3. The molecule has 94 valence electrons. The first kappa shape index (κ1) is 11.7. The zero-order chi connectivity index (χ0) is 13.1. The number of aromatic nitrogens is 3. The lowest BCUT2D eigenvalue weighted by Crippen LogP contribution is -2.03. The normalized spacial score (nSPS) is 12.5. The minimum absolute atomic E-state index is 0.469. The van der Waals surface area contributed by atoms with Crippen LogP contribution >= 0.6 is 0 Å². The Labute approximate surface area is 110 Å². The Bertz CT molecular complexity index is 685. The van der Waals surface area contributed by atoms with Crippen molar-refractivity contribution < 1.29 is 5.11 Å². The van der Waals surface area contributed by atoms with E-state index in [4.69, 9.17) is 0 Å². The smallest absolute Gasteiger partial charge is 0.178 e. The summed E-state index contributed by atoms with van der Waals surface area (Å²) in [6.07, 6.45) is 3.18. The molecule has 2 aromatic heterocycles. The van der Waals surface area contributed by atoms with Gasteiger partial charge in [-0.05, 0) is 17.7 Å². The van der Waals surface area contributed by atoms with Crippen molar-refractivity contribution in [1.82, 2.24) is 15.0 Å². The van der Waals surface area contributed by atoms with Crippen molar-refractivity contribution in [3.8, 4) is 0 Å². The Hall–Kier alpha value is -2.33. The quantitative estimate of drug-likeness (QED) is 0.776. The van der Waals surface area contributed by atoms with Crippen LogP contribution in [0.15, 0.2) is 54.9 Å². The van der Waals surface area contributed by atoms with Crippen LogP contribution in [-0.4, -0.2) is 20.1 Å². The van der Waals surface area contributed by atoms with E-state index in [1.54, 1.807) is 12.4 Å². The van der Waals surface area contributed by atoms with E-state index in [-0.39, 0.29) is 0 Å². The van der Waals surface area contributed by atoms with Crippen molar-refractivity contribution in [3.63, 3.8) is 0 Å². The molecule has 4 heteroatoms. The summed E-state index contributed by atoms with van der Waals surface area (Å²) in [5, 5.41) is 10.2. The largest absolute Gasteiger partial charge is 0.388 e. The van der Waals surface area contributed by atoms with E-state index in [9.17, 15) is 5.11 Å². The van der Waals surface area contributed by atoms with Crippen molar-refractivity contribution in [2.45, 2.75) is 12.5 Å². The predicted molar refractivity (Wildman–Crippen MR) is 72.4 cm³/mol. The second-order valence-electron chi connectivity index (χ2n) is 4.33. The van der Waals surface area contributed by atoms with Crippen molar-refractivity contribution in [1.29, 1.82) is 0 Å². The molecular weight excluding hydrogens is 238 g/mol. The fourth-order valence-corrected chi connectivity index (χ4v) is 2.00. The van der Waals surface area contributed by atoms with E-state index >= 15 is 0 Å². The van der Waals surface area contributed by atoms with Crippen LogP contribution in [-0.2, 0) is 6.42 Å². The first-order valence-electron chi connectivity index (χ1n) is 6.12. The second-order valence-corrected chi connectivity index (χ2v) is 4.33. The van der Waals surface area contributed by atoms with Gasteiger partial charge in [-0.2, -0.15) is 0 Å². The zero-order valence-corrected chi connectivity index (χ0v) is 10.3. The van der Waals surface area contributed by atoms with Crippen LogP contribution in [0.1, 0.15) is 17.4 Å². The molecule has 1 atom stereocenters. The molecule has 0 saturated heterocycles. The lowest BCUT2D eigenvalue weighted by atomic mass is 10.0. The third-order valence-electron chi connectivity index (χ3n) is 2.98. The first-order chi connectivity index (χ1) is 9.33. The van der Waals surface area contributed by atoms with Crippen LogP contribution < -0.4 is 0 Å². The number of hydrogen-bond acceptors (Lipinski definition) is 4. The molecule has 0 spiro atoms. The average molecular weight is 251 g/mol. The average Bonchev–Trinajstić information content (AvgIpc) is 2.48. The fourth-order valence-electron chi connectivity index (χ4n) is 2.00. The molecule has 1 unspecified atom stereocenters. The summed E-state index contributed by atoms with van der Waals surface area (Å²) in [5.41, 5.74) is 3.08. The molecule has 19 heavy (non-hydrogen) atoms. The van der Waals surface area contributed by atoms with Crippen LogP contribution in [0.2, 0.25) is 0 Å². The van der Waals surface area contributed by atoms with Gasteiger partial charge in [0.25, 0.3) is 0 Å². The lowest BCUT2D eigenvalue weighted by Gasteiger charge is -2.10. The summed E-state index contributed by atoms with van der Waals surface area (Å²) in [7, 11) is 0. The predicted octanol–water partition coefficient (Wildman–Crippen LogP) is 2.30. The summed E-state index contributed by atoms with van der Waals surface area (Å²) < 4.78 is 0. The molecule has 1 aromatic carbocycles. The van der Waals surface area contributed by atoms with Crippen molar-refractivity contribution in [2.24, 2.45) is 0 Å². The van der Waals surface area contributed by atoms with Crippen molar-refractivity contribution in [3.05, 3.63) is 66.1 Å². The van der Waals surface area contributed by atoms with Gasteiger partial charge in [-0.15, -0.1) is 0 Å². The molecular formula is C15H13N3O. The zero-order valence-electron chi connectivity index (χ0n) is 10.3. The number of benzene rings is 1. The van der Waals surface area contributed by atoms with Crippen LogP contribution in [0.4, 0.5) is 0 Å². The van der Waals surface area contributed by atoms with Gasteiger partial charge >= 0.3 is 0 Å². The molecule has 0 fully saturated rings. The van der Waals surface area contributed by atoms with Gasteiger partial charge in [-0.3, -0.25) is 4.98 Å². The van der Waals surface area contributed by atoms with E-state index in [1.165, 1.54) is 0 Å². The summed E-state index contributed by atoms with van der Waals surface area (Å²) in [4.78, 5) is 12.7. The van der Waals surface area contributed by atoms with Gasteiger partial charge in [-0.1, -0.05) is 30.3 Å². The topological polar surface area (TPSA) is 58.9 Å². The minimum atomic E-state index is -0.553. The van der Waals surface area contributed by atoms with E-state index in [0.717, 1.165) is 16.8 Å². The summed E-state index contributed by atoms with van der Waals surface area (Å²) >= 11 is 0. The van der Waals surface area contributed by atoms with E-state index < -0.39 is 6.10 Å². The van der Waals surface area contributed by atoms with Gasteiger partial charge in [0.05, 0.1) is 6.10 Å². The third kappa shape index (κ3) is 2.58. The molecule has 0 aliphatic heterocycles. The van der Waals surface area contributed by atoms with Gasteiger partial charge in [0, 0.05) is 24.5 Å². The molecule has 0 saturated carbocycles. The maximum Gasteiger partial charge on any atom is 0.178 e. The highest BCUT2D eigenvalue weighted by Crippen LogP contribution is 2.17. The highest BCUT2D eigenvalue weighted by molar-refractivity contribution is 5.68. The van der Waals surface area contributed by atoms with Gasteiger partial charge in [-0.25, -0.2) is 9.97 Å². The molecule has 0 radical (unpaired) electrons. The fraction of sp³-hybridized carbons (Fsp3) is 0.133. The van der Waals surface area contributed by atoms with Crippen molar-refractivity contribution >= 4 is 11.2 Å². The molecule has 2 heterocycles. The standard InChI is InChI=1S/C15H13N3O/c19-14(11-4-2-1-3-5-11)10-12-6-7-13-15(18-12)17-9-8-16-13/h1-9,14,19H,10H2. The minimum Gasteiger partial charge on any atom is -0.388 e. The van der Waals surface area contributed by atoms with Crippen LogP contribution in [0.3, 0.4) is 0 Å². The first-order valence-corrected chi connectivity index (χ1v) is 6.12. The number of aliphatic hydroxyl groups excluding tert-OH is 1. The monoisotopic (exact) mass is 251 g/mol. The number of fused-ring (bicyclic) bond motifs is 1. The van der Waals surface area contributed by atoms with E-state index in [2.05, 4.69) is 15.0 Å². The maximum absolute atomic E-state index is 10.2. The van der Waals surface area contributed by atoms with Crippen LogP contribution in [0.5, 0.6) is 0 Å². The van der Waals surface area contributed by atoms with Gasteiger partial charge in [0.15, 0.2) is 5.65 Å². The number of nitrogens with zero attached hydrogens (tertiary/aromatic N) is 3. The highest BCUT2D eigenvalue weighted by atomic mass is 16.3. The molecule has 4 nitrogen and oxygen atoms in total. The Balaban J connectivity index is 1.85. The van der Waals surface area contributed by atoms with E-state index in [1.807, 2.05) is 42.5 Å². The van der Waals surface area contributed by atoms with E-state index in [0.29, 0.717) is 12.1 Å². The highest BCUT2D eigenvalue weighted by Gasteiger charge is 2.09. The molecule has 3 aromatic rings. The number of aliphatic hydroxyl groups is 1. The molecule has 1 N–H and O–H groups in total. The van der Waals surface area contributed by atoms with Crippen LogP contribution in [0, 0.1) is 0 Å². The molecule has 3 rings (SSSR count). The molecule has 0 amide bonds. The SMILES string of the molecule is OC(Cc1ccc2nccnc2n1)c1ccccc1. The summed E-state index contributed by atoms with van der Waals surface area (Å²) in [5.74, 6) is 0. The van der Waals surface area contributed by atoms with Crippen LogP contribution in [0.25, 0.3) is 11.2 Å². The number of pyridine rings is 1. The Kier molecular flexibility index (Phi) is 3.16. The Morgan fingerprint density at radius 3 is 2.58 bits per heavy atom. The molecule has 0 aliphatic rings. The third-order valence-corrected chi connectivity index (χ3v) is 2.98. The van der Waals surface area contributed by atoms with Gasteiger partial charge < -0.3 is 5.11 Å². The second kappa shape index (κ2) is 5.12. The van der Waals surface area contributed by atoms with Crippen molar-refractivity contribution in [2.75, 3.05) is 0 Å². The Morgan fingerprint density at radius 1 is 0.947 bits per heavy atom. The summed E-state index contributed by atoms with van der Waals surface area (Å²) in [6.45, 7) is 0. The molecule has 0 bridgehead atoms. The van der Waals surface area contributed by atoms with Gasteiger partial charge in [0.1, 0.15) is 5.52 Å². The lowest BCUT2D eigenvalue weighted by molar-refractivity contribution is 0.177.